The molecule has 2 rings (SSSR count). The number of benzene rings is 1. The van der Waals surface area contributed by atoms with Gasteiger partial charge >= 0.3 is 64.9 Å². The van der Waals surface area contributed by atoms with E-state index in [-0.39, 0.29) is 9.82 Å². The van der Waals surface area contributed by atoms with Gasteiger partial charge in [0.1, 0.15) is 0 Å². The molecular formula is C9H9I3NO3SV. The van der Waals surface area contributed by atoms with E-state index < -0.39 is 10.1 Å². The average molecular weight is 643 g/mol. The van der Waals surface area contributed by atoms with Crippen molar-refractivity contribution in [1.82, 2.24) is 0 Å². The molecule has 1 aliphatic heterocycles. The molecule has 18 heavy (non-hydrogen) atoms. The van der Waals surface area contributed by atoms with Crippen molar-refractivity contribution >= 4 is 81.5 Å². The molecule has 0 spiro atoms. The van der Waals surface area contributed by atoms with Crippen LogP contribution in [0.25, 0.3) is 0 Å². The van der Waals surface area contributed by atoms with Crippen molar-refractivity contribution < 1.29 is 17.9 Å². The van der Waals surface area contributed by atoms with Crippen LogP contribution in [-0.2, 0) is 21.5 Å². The molecule has 0 fully saturated rings. The number of rotatable bonds is 1. The Labute approximate surface area is 144 Å². The first-order valence-electron chi connectivity index (χ1n) is 4.62. The second-order valence-electron chi connectivity index (χ2n) is 3.48. The molecule has 0 amide bonds. The minimum atomic E-state index is -4.11. The Bertz CT molecular complexity index is 572. The summed E-state index contributed by atoms with van der Waals surface area (Å²) in [5.41, 5.74) is 2.58. The summed E-state index contributed by atoms with van der Waals surface area (Å²) >= 11 is 7.39. The van der Waals surface area contributed by atoms with Crippen molar-refractivity contribution in [3.8, 4) is 0 Å². The second kappa shape index (κ2) is 7.55. The van der Waals surface area contributed by atoms with Crippen LogP contribution in [0.3, 0.4) is 0 Å². The fourth-order valence-corrected chi connectivity index (χ4v) is 1.98. The summed E-state index contributed by atoms with van der Waals surface area (Å²) in [5, 5.41) is 0. The third kappa shape index (κ3) is 5.91. The van der Waals surface area contributed by atoms with E-state index in [0.29, 0.717) is 5.69 Å². The van der Waals surface area contributed by atoms with E-state index in [1.165, 1.54) is 12.1 Å². The van der Waals surface area contributed by atoms with E-state index in [1.807, 2.05) is 6.92 Å². The van der Waals surface area contributed by atoms with Crippen LogP contribution in [0, 0.1) is 0 Å². The molecule has 0 radical (unpaired) electrons. The summed E-state index contributed by atoms with van der Waals surface area (Å²) in [6.45, 7) is 1.88. The molecule has 1 aromatic carbocycles. The molecule has 0 aromatic heterocycles. The summed E-state index contributed by atoms with van der Waals surface area (Å²) in [6.07, 6.45) is 0.751. The van der Waals surface area contributed by atoms with Gasteiger partial charge in [0.25, 0.3) is 10.1 Å². The zero-order chi connectivity index (χ0) is 13.9. The van der Waals surface area contributed by atoms with Crippen molar-refractivity contribution in [2.45, 2.75) is 18.2 Å². The van der Waals surface area contributed by atoms with Gasteiger partial charge in [-0.2, -0.15) is 8.42 Å². The van der Waals surface area contributed by atoms with Gasteiger partial charge in [-0.25, -0.2) is 0 Å². The monoisotopic (exact) mass is 643 g/mol. The van der Waals surface area contributed by atoms with Gasteiger partial charge in [-0.3, -0.25) is 9.55 Å². The van der Waals surface area contributed by atoms with Gasteiger partial charge in [0.05, 0.1) is 10.6 Å². The number of fused-ring (bicyclic) bond motifs is 1. The summed E-state index contributed by atoms with van der Waals surface area (Å²) in [4.78, 5) is 3.79. The molecule has 0 unspecified atom stereocenters. The number of halogens is 3. The average Bonchev–Trinajstić information content (AvgIpc) is 2.53. The first-order valence-corrected chi connectivity index (χ1v) is 19.6. The fourth-order valence-electron chi connectivity index (χ4n) is 1.48. The second-order valence-corrected chi connectivity index (χ2v) is 40.3. The van der Waals surface area contributed by atoms with E-state index in [1.54, 1.807) is 6.07 Å². The van der Waals surface area contributed by atoms with Gasteiger partial charge in [-0.05, 0) is 24.6 Å². The maximum atomic E-state index is 10.8. The Morgan fingerprint density at radius 2 is 1.89 bits per heavy atom. The standard InChI is InChI=1S/C9H9NO3S.3HI.V/c1-6-4-7-2-3-8(14(11,12)13)5-9(7)10-6;;;;/h2-3,5H,4H2,1H3,(H,11,12,13);3*1H;/q;;;;+3/p-3. The molecule has 0 bridgehead atoms. The molecule has 1 aliphatic rings. The molecule has 0 atom stereocenters. The first kappa shape index (κ1) is 17.6. The Balaban J connectivity index is 0.000000357. The van der Waals surface area contributed by atoms with E-state index in [0.717, 1.165) is 17.7 Å². The Kier molecular flexibility index (Phi) is 7.39. The van der Waals surface area contributed by atoms with Crippen LogP contribution in [0.1, 0.15) is 12.5 Å². The fraction of sp³-hybridized carbons (Fsp3) is 0.222. The molecule has 0 aliphatic carbocycles. The van der Waals surface area contributed by atoms with E-state index in [9.17, 15) is 8.42 Å². The predicted octanol–water partition coefficient (Wildman–Crippen LogP) is 4.24. The summed E-state index contributed by atoms with van der Waals surface area (Å²) in [7, 11) is -4.11. The number of hydrogen-bond acceptors (Lipinski definition) is 3. The zero-order valence-corrected chi connectivity index (χ0v) is 17.8. The summed E-state index contributed by atoms with van der Waals surface area (Å²) in [6, 6.07) is 4.46. The number of hydrogen-bond donors (Lipinski definition) is 1. The van der Waals surface area contributed by atoms with Crippen LogP contribution in [0.5, 0.6) is 0 Å². The predicted molar refractivity (Wildman–Crippen MR) is 94.8 cm³/mol. The van der Waals surface area contributed by atoms with Gasteiger partial charge < -0.3 is 0 Å². The SMILES string of the molecule is CC1=Nc2cc(S(=O)(=O)O)ccc2C1.[I][V]([I])[I]. The molecule has 0 saturated carbocycles. The van der Waals surface area contributed by atoms with Crippen LogP contribution in [0.4, 0.5) is 5.69 Å². The van der Waals surface area contributed by atoms with Crippen molar-refractivity contribution in [3.05, 3.63) is 23.8 Å². The molecule has 9 heteroatoms. The van der Waals surface area contributed by atoms with Gasteiger partial charge in [0, 0.05) is 12.1 Å². The van der Waals surface area contributed by atoms with Gasteiger partial charge in [0.15, 0.2) is 0 Å². The van der Waals surface area contributed by atoms with Crippen molar-refractivity contribution in [1.29, 1.82) is 0 Å². The van der Waals surface area contributed by atoms with Crippen molar-refractivity contribution in [2.24, 2.45) is 4.99 Å². The maximum absolute atomic E-state index is 10.8. The van der Waals surface area contributed by atoms with Crippen LogP contribution in [-0.4, -0.2) is 18.7 Å². The third-order valence-electron chi connectivity index (χ3n) is 2.11. The van der Waals surface area contributed by atoms with Crippen LogP contribution in [0.2, 0.25) is 0 Å². The molecule has 1 heterocycles. The normalized spacial score (nSPS) is 13.8. The molecule has 100 valence electrons. The molecule has 4 nitrogen and oxygen atoms in total. The van der Waals surface area contributed by atoms with E-state index >= 15 is 0 Å². The van der Waals surface area contributed by atoms with Crippen LogP contribution >= 0.6 is 59.9 Å². The molecular weight excluding hydrogens is 634 g/mol. The Morgan fingerprint density at radius 3 is 2.39 bits per heavy atom. The van der Waals surface area contributed by atoms with Crippen molar-refractivity contribution in [3.63, 3.8) is 0 Å². The zero-order valence-electron chi connectivity index (χ0n) is 9.14. The molecule has 1 aromatic rings. The van der Waals surface area contributed by atoms with Crippen LogP contribution < -0.4 is 0 Å². The van der Waals surface area contributed by atoms with Crippen molar-refractivity contribution in [2.75, 3.05) is 0 Å². The van der Waals surface area contributed by atoms with Gasteiger partial charge in [-0.1, -0.05) is 6.07 Å². The quantitative estimate of drug-likeness (QED) is 0.369. The van der Waals surface area contributed by atoms with E-state index in [2.05, 4.69) is 64.9 Å². The minimum absolute atomic E-state index is 0.102. The Hall–Kier alpha value is 1.57. The van der Waals surface area contributed by atoms with Gasteiger partial charge in [-0.15, -0.1) is 0 Å². The van der Waals surface area contributed by atoms with E-state index in [4.69, 9.17) is 4.55 Å². The van der Waals surface area contributed by atoms with Crippen LogP contribution in [0.15, 0.2) is 28.1 Å². The topological polar surface area (TPSA) is 66.7 Å². The Morgan fingerprint density at radius 1 is 1.33 bits per heavy atom. The number of nitrogens with zero attached hydrogens (tertiary/aromatic N) is 1. The molecule has 1 N–H and O–H groups in total. The van der Waals surface area contributed by atoms with Gasteiger partial charge in [0.2, 0.25) is 0 Å². The first-order chi connectivity index (χ1) is 8.20. The summed E-state index contributed by atoms with van der Waals surface area (Å²) in [5.74, 6) is 0. The number of aliphatic imine (C=N–C) groups is 1. The third-order valence-corrected chi connectivity index (χ3v) is 2.96. The molecule has 0 saturated heterocycles. The summed E-state index contributed by atoms with van der Waals surface area (Å²) < 4.78 is 30.5.